The van der Waals surface area contributed by atoms with E-state index in [1.807, 2.05) is 33.8 Å². The van der Waals surface area contributed by atoms with Gasteiger partial charge in [-0.3, -0.25) is 9.10 Å². The Kier molecular flexibility index (Phi) is 6.88. The largest absolute Gasteiger partial charge is 0.348 e. The van der Waals surface area contributed by atoms with E-state index in [4.69, 9.17) is 0 Å². The normalized spacial score (nSPS) is 13.6. The molecule has 0 aliphatic carbocycles. The van der Waals surface area contributed by atoms with Crippen molar-refractivity contribution in [1.82, 2.24) is 5.32 Å². The zero-order valence-corrected chi connectivity index (χ0v) is 18.3. The molecule has 5 nitrogen and oxygen atoms in total. The third-order valence-electron chi connectivity index (χ3n) is 5.05. The summed E-state index contributed by atoms with van der Waals surface area (Å²) in [6.45, 7) is 9.87. The number of hydrogen-bond donors (Lipinski definition) is 1. The summed E-state index contributed by atoms with van der Waals surface area (Å²) in [5, 5.41) is 3.01. The standard InChI is InChI=1S/C22H30N2O3S/c1-7-21(24(28(6,26)27)19-11-9-8-10-12-19)22(25)23-18(5)20-14-16(3)15(2)13-17(20)4/h8-14,18,21H,7H2,1-6H3,(H,23,25). The van der Waals surface area contributed by atoms with E-state index in [-0.39, 0.29) is 11.9 Å². The molecule has 0 heterocycles. The average Bonchev–Trinajstić information content (AvgIpc) is 2.61. The van der Waals surface area contributed by atoms with Crippen molar-refractivity contribution in [2.45, 2.75) is 53.1 Å². The molecule has 2 unspecified atom stereocenters. The molecule has 0 radical (unpaired) electrons. The van der Waals surface area contributed by atoms with Crippen LogP contribution in [0.3, 0.4) is 0 Å². The lowest BCUT2D eigenvalue weighted by molar-refractivity contribution is -0.122. The molecular formula is C22H30N2O3S. The summed E-state index contributed by atoms with van der Waals surface area (Å²) < 4.78 is 26.2. The molecule has 6 heteroatoms. The minimum absolute atomic E-state index is 0.224. The highest BCUT2D eigenvalue weighted by molar-refractivity contribution is 7.92. The molecule has 28 heavy (non-hydrogen) atoms. The van der Waals surface area contributed by atoms with Crippen LogP contribution in [-0.2, 0) is 14.8 Å². The first kappa shape index (κ1) is 22.0. The Labute approximate surface area is 168 Å². The van der Waals surface area contributed by atoms with Crippen molar-refractivity contribution < 1.29 is 13.2 Å². The molecule has 2 aromatic carbocycles. The van der Waals surface area contributed by atoms with Gasteiger partial charge in [-0.1, -0.05) is 37.3 Å². The summed E-state index contributed by atoms with van der Waals surface area (Å²) in [6.07, 6.45) is 1.50. The first-order valence-electron chi connectivity index (χ1n) is 9.48. The van der Waals surface area contributed by atoms with Crippen LogP contribution in [0.2, 0.25) is 0 Å². The van der Waals surface area contributed by atoms with Crippen LogP contribution >= 0.6 is 0 Å². The molecule has 0 saturated carbocycles. The molecule has 0 fully saturated rings. The van der Waals surface area contributed by atoms with Crippen molar-refractivity contribution >= 4 is 21.6 Å². The number of rotatable bonds is 7. The molecule has 0 aliphatic rings. The smallest absolute Gasteiger partial charge is 0.244 e. The minimum Gasteiger partial charge on any atom is -0.348 e. The van der Waals surface area contributed by atoms with Crippen LogP contribution in [0.5, 0.6) is 0 Å². The summed E-state index contributed by atoms with van der Waals surface area (Å²) in [4.78, 5) is 13.1. The third kappa shape index (κ3) is 4.93. The lowest BCUT2D eigenvalue weighted by Gasteiger charge is -2.31. The Morgan fingerprint density at radius 2 is 1.61 bits per heavy atom. The fourth-order valence-corrected chi connectivity index (χ4v) is 4.68. The number of nitrogens with one attached hydrogen (secondary N) is 1. The number of benzene rings is 2. The number of aryl methyl sites for hydroxylation is 3. The molecule has 1 N–H and O–H groups in total. The maximum Gasteiger partial charge on any atom is 0.244 e. The summed E-state index contributed by atoms with van der Waals surface area (Å²) in [5.74, 6) is -0.304. The second kappa shape index (κ2) is 8.78. The van der Waals surface area contributed by atoms with Crippen LogP contribution in [0.15, 0.2) is 42.5 Å². The molecule has 0 spiro atoms. The number of anilines is 1. The van der Waals surface area contributed by atoms with Gasteiger partial charge in [-0.15, -0.1) is 0 Å². The maximum absolute atomic E-state index is 13.1. The van der Waals surface area contributed by atoms with Gasteiger partial charge in [0, 0.05) is 0 Å². The van der Waals surface area contributed by atoms with E-state index in [1.54, 1.807) is 24.3 Å². The molecule has 0 bridgehead atoms. The van der Waals surface area contributed by atoms with Gasteiger partial charge in [0.15, 0.2) is 0 Å². The van der Waals surface area contributed by atoms with Gasteiger partial charge in [-0.25, -0.2) is 8.42 Å². The van der Waals surface area contributed by atoms with Crippen molar-refractivity contribution in [2.75, 3.05) is 10.6 Å². The Morgan fingerprint density at radius 3 is 2.14 bits per heavy atom. The topological polar surface area (TPSA) is 66.5 Å². The lowest BCUT2D eigenvalue weighted by Crippen LogP contribution is -2.49. The highest BCUT2D eigenvalue weighted by Gasteiger charge is 2.32. The highest BCUT2D eigenvalue weighted by Crippen LogP contribution is 2.25. The van der Waals surface area contributed by atoms with Gasteiger partial charge >= 0.3 is 0 Å². The van der Waals surface area contributed by atoms with E-state index < -0.39 is 16.1 Å². The van der Waals surface area contributed by atoms with E-state index in [2.05, 4.69) is 24.4 Å². The summed E-state index contributed by atoms with van der Waals surface area (Å²) in [5.41, 5.74) is 5.00. The first-order chi connectivity index (χ1) is 13.1. The van der Waals surface area contributed by atoms with Crippen LogP contribution in [0.4, 0.5) is 5.69 Å². The maximum atomic E-state index is 13.1. The van der Waals surface area contributed by atoms with E-state index >= 15 is 0 Å². The molecule has 2 atom stereocenters. The van der Waals surface area contributed by atoms with Crippen molar-refractivity contribution in [3.8, 4) is 0 Å². The molecule has 0 aromatic heterocycles. The number of carbonyl (C=O) groups excluding carboxylic acids is 1. The zero-order chi connectivity index (χ0) is 21.1. The van der Waals surface area contributed by atoms with Crippen LogP contribution in [0, 0.1) is 20.8 Å². The van der Waals surface area contributed by atoms with E-state index in [0.717, 1.165) is 22.9 Å². The van der Waals surface area contributed by atoms with Crippen LogP contribution < -0.4 is 9.62 Å². The fraction of sp³-hybridized carbons (Fsp3) is 0.409. The summed E-state index contributed by atoms with van der Waals surface area (Å²) in [6, 6.07) is 11.9. The van der Waals surface area contributed by atoms with Crippen molar-refractivity contribution in [1.29, 1.82) is 0 Å². The SMILES string of the molecule is CCC(C(=O)NC(C)c1cc(C)c(C)cc1C)N(c1ccccc1)S(C)(=O)=O. The minimum atomic E-state index is -3.62. The number of amides is 1. The van der Waals surface area contributed by atoms with Crippen molar-refractivity contribution in [3.63, 3.8) is 0 Å². The highest BCUT2D eigenvalue weighted by atomic mass is 32.2. The average molecular weight is 403 g/mol. The number of nitrogens with zero attached hydrogens (tertiary/aromatic N) is 1. The quantitative estimate of drug-likeness (QED) is 0.760. The Hall–Kier alpha value is -2.34. The van der Waals surface area contributed by atoms with Crippen LogP contribution in [-0.4, -0.2) is 26.6 Å². The second-order valence-corrected chi connectivity index (χ2v) is 9.20. The van der Waals surface area contributed by atoms with Gasteiger partial charge < -0.3 is 5.32 Å². The number of para-hydroxylation sites is 1. The molecule has 0 saturated heterocycles. The van der Waals surface area contributed by atoms with Crippen molar-refractivity contribution in [2.24, 2.45) is 0 Å². The van der Waals surface area contributed by atoms with Gasteiger partial charge in [-0.05, 0) is 68.5 Å². The van der Waals surface area contributed by atoms with E-state index in [0.29, 0.717) is 12.1 Å². The molecule has 1 amide bonds. The monoisotopic (exact) mass is 402 g/mol. The number of hydrogen-bond acceptors (Lipinski definition) is 3. The Morgan fingerprint density at radius 1 is 1.04 bits per heavy atom. The molecule has 2 aromatic rings. The molecule has 2 rings (SSSR count). The second-order valence-electron chi connectivity index (χ2n) is 7.34. The van der Waals surface area contributed by atoms with Gasteiger partial charge in [-0.2, -0.15) is 0 Å². The van der Waals surface area contributed by atoms with Gasteiger partial charge in [0.1, 0.15) is 6.04 Å². The van der Waals surface area contributed by atoms with E-state index in [9.17, 15) is 13.2 Å². The summed E-state index contributed by atoms with van der Waals surface area (Å²) >= 11 is 0. The fourth-order valence-electron chi connectivity index (χ4n) is 3.47. The third-order valence-corrected chi connectivity index (χ3v) is 6.23. The van der Waals surface area contributed by atoms with E-state index in [1.165, 1.54) is 9.87 Å². The van der Waals surface area contributed by atoms with Gasteiger partial charge in [0.2, 0.25) is 15.9 Å². The molecule has 0 aliphatic heterocycles. The number of carbonyl (C=O) groups is 1. The summed E-state index contributed by atoms with van der Waals surface area (Å²) in [7, 11) is -3.62. The Bertz CT molecular complexity index is 940. The zero-order valence-electron chi connectivity index (χ0n) is 17.5. The Balaban J connectivity index is 2.33. The van der Waals surface area contributed by atoms with Gasteiger partial charge in [0.05, 0.1) is 18.0 Å². The molecular weight excluding hydrogens is 372 g/mol. The number of sulfonamides is 1. The predicted molar refractivity (Wildman–Crippen MR) is 115 cm³/mol. The molecule has 152 valence electrons. The van der Waals surface area contributed by atoms with Crippen LogP contribution in [0.1, 0.15) is 48.6 Å². The first-order valence-corrected chi connectivity index (χ1v) is 11.3. The van der Waals surface area contributed by atoms with Gasteiger partial charge in [0.25, 0.3) is 0 Å². The predicted octanol–water partition coefficient (Wildman–Crippen LogP) is 4.03. The lowest BCUT2D eigenvalue weighted by atomic mass is 9.96. The van der Waals surface area contributed by atoms with Crippen molar-refractivity contribution in [3.05, 3.63) is 64.7 Å². The van der Waals surface area contributed by atoms with Crippen LogP contribution in [0.25, 0.3) is 0 Å².